The topological polar surface area (TPSA) is 39.3 Å². The first-order chi connectivity index (χ1) is 13.3. The maximum atomic E-state index is 11.4. The number of nitrogens with one attached hydrogen (secondary N) is 1. The van der Waals surface area contributed by atoms with Crippen molar-refractivity contribution in [1.29, 1.82) is 0 Å². The molecule has 0 amide bonds. The summed E-state index contributed by atoms with van der Waals surface area (Å²) < 4.78 is 0. The van der Waals surface area contributed by atoms with Crippen LogP contribution in [0, 0.1) is 0 Å². The van der Waals surface area contributed by atoms with E-state index < -0.39 is 0 Å². The summed E-state index contributed by atoms with van der Waals surface area (Å²) in [6.07, 6.45) is 5.47. The van der Waals surface area contributed by atoms with Crippen LogP contribution in [-0.4, -0.2) is 42.6 Å². The standard InChI is InChI=1S/C23H25N3O/c27-23-12-10-20-18-19(9-11-22(20)24-23)6-4-5-13-25-14-16-26(17-15-25)21-7-2-1-3-8-21/h1-4,6-12,18H,5,13-17H2,(H,24,27)/b6-4+. The molecular weight excluding hydrogens is 334 g/mol. The van der Waals surface area contributed by atoms with Gasteiger partial charge >= 0.3 is 0 Å². The molecule has 27 heavy (non-hydrogen) atoms. The van der Waals surface area contributed by atoms with Crippen LogP contribution in [0.25, 0.3) is 17.0 Å². The Bertz CT molecular complexity index is 970. The first-order valence-electron chi connectivity index (χ1n) is 9.60. The van der Waals surface area contributed by atoms with Crippen molar-refractivity contribution in [3.63, 3.8) is 0 Å². The lowest BCUT2D eigenvalue weighted by Gasteiger charge is -2.36. The Morgan fingerprint density at radius 1 is 0.926 bits per heavy atom. The molecule has 1 fully saturated rings. The number of para-hydroxylation sites is 1. The van der Waals surface area contributed by atoms with E-state index in [2.05, 4.69) is 63.3 Å². The van der Waals surface area contributed by atoms with Crippen LogP contribution in [0.1, 0.15) is 12.0 Å². The van der Waals surface area contributed by atoms with Crippen LogP contribution in [0.2, 0.25) is 0 Å². The predicted octanol–water partition coefficient (Wildman–Crippen LogP) is 3.75. The Hall–Kier alpha value is -2.85. The smallest absolute Gasteiger partial charge is 0.248 e. The summed E-state index contributed by atoms with van der Waals surface area (Å²) in [6, 6.07) is 20.2. The van der Waals surface area contributed by atoms with Gasteiger partial charge in [0.25, 0.3) is 0 Å². The minimum atomic E-state index is -0.0573. The van der Waals surface area contributed by atoms with Crippen LogP contribution in [0.5, 0.6) is 0 Å². The van der Waals surface area contributed by atoms with Crippen molar-refractivity contribution < 1.29 is 0 Å². The summed E-state index contributed by atoms with van der Waals surface area (Å²) in [4.78, 5) is 19.2. The Morgan fingerprint density at radius 3 is 2.56 bits per heavy atom. The van der Waals surface area contributed by atoms with Gasteiger partial charge in [-0.05, 0) is 47.7 Å². The second-order valence-corrected chi connectivity index (χ2v) is 7.02. The largest absolute Gasteiger partial charge is 0.369 e. The molecule has 0 spiro atoms. The van der Waals surface area contributed by atoms with E-state index in [0.29, 0.717) is 0 Å². The zero-order valence-corrected chi connectivity index (χ0v) is 15.5. The lowest BCUT2D eigenvalue weighted by Crippen LogP contribution is -2.46. The van der Waals surface area contributed by atoms with Gasteiger partial charge in [0.1, 0.15) is 0 Å². The van der Waals surface area contributed by atoms with Gasteiger partial charge in [0.05, 0.1) is 0 Å². The van der Waals surface area contributed by atoms with E-state index in [0.717, 1.165) is 50.0 Å². The molecule has 1 saturated heterocycles. The van der Waals surface area contributed by atoms with Crippen LogP contribution in [0.3, 0.4) is 0 Å². The highest BCUT2D eigenvalue weighted by Crippen LogP contribution is 2.16. The number of rotatable bonds is 5. The maximum Gasteiger partial charge on any atom is 0.248 e. The van der Waals surface area contributed by atoms with E-state index in [1.54, 1.807) is 6.07 Å². The lowest BCUT2D eigenvalue weighted by molar-refractivity contribution is 0.263. The number of benzene rings is 2. The van der Waals surface area contributed by atoms with Gasteiger partial charge in [-0.3, -0.25) is 9.69 Å². The molecule has 4 rings (SSSR count). The minimum absolute atomic E-state index is 0.0573. The molecule has 1 aliphatic heterocycles. The number of piperazine rings is 1. The van der Waals surface area contributed by atoms with Gasteiger partial charge in [-0.25, -0.2) is 0 Å². The Kier molecular flexibility index (Phi) is 5.35. The maximum absolute atomic E-state index is 11.4. The number of anilines is 1. The summed E-state index contributed by atoms with van der Waals surface area (Å²) in [5.74, 6) is 0. The van der Waals surface area contributed by atoms with Crippen LogP contribution in [0.15, 0.2) is 71.5 Å². The van der Waals surface area contributed by atoms with Crippen molar-refractivity contribution in [2.75, 3.05) is 37.6 Å². The van der Waals surface area contributed by atoms with Crippen LogP contribution >= 0.6 is 0 Å². The highest BCUT2D eigenvalue weighted by molar-refractivity contribution is 5.80. The molecule has 1 aromatic heterocycles. The normalized spacial score (nSPS) is 15.6. The fourth-order valence-corrected chi connectivity index (χ4v) is 3.62. The van der Waals surface area contributed by atoms with E-state index >= 15 is 0 Å². The number of nitrogens with zero attached hydrogens (tertiary/aromatic N) is 2. The number of pyridine rings is 1. The molecule has 0 bridgehead atoms. The molecule has 0 aliphatic carbocycles. The molecule has 0 atom stereocenters. The highest BCUT2D eigenvalue weighted by Gasteiger charge is 2.15. The van der Waals surface area contributed by atoms with Crippen molar-refractivity contribution in [3.8, 4) is 0 Å². The molecule has 0 radical (unpaired) electrons. The van der Waals surface area contributed by atoms with Crippen molar-refractivity contribution in [2.45, 2.75) is 6.42 Å². The average Bonchev–Trinajstić information content (AvgIpc) is 2.72. The second kappa shape index (κ2) is 8.23. The SMILES string of the molecule is O=c1ccc2cc(/C=C/CCN3CCN(c4ccccc4)CC3)ccc2[nH]1. The Labute approximate surface area is 159 Å². The lowest BCUT2D eigenvalue weighted by atomic mass is 10.1. The van der Waals surface area contributed by atoms with Gasteiger partial charge in [-0.15, -0.1) is 0 Å². The van der Waals surface area contributed by atoms with Gasteiger partial charge in [-0.2, -0.15) is 0 Å². The number of aromatic nitrogens is 1. The molecule has 4 nitrogen and oxygen atoms in total. The van der Waals surface area contributed by atoms with Crippen molar-refractivity contribution in [3.05, 3.63) is 82.7 Å². The van der Waals surface area contributed by atoms with E-state index in [-0.39, 0.29) is 5.56 Å². The van der Waals surface area contributed by atoms with E-state index in [4.69, 9.17) is 0 Å². The predicted molar refractivity (Wildman–Crippen MR) is 113 cm³/mol. The Morgan fingerprint density at radius 2 is 1.74 bits per heavy atom. The third kappa shape index (κ3) is 4.47. The molecule has 4 heteroatoms. The van der Waals surface area contributed by atoms with Crippen molar-refractivity contribution in [1.82, 2.24) is 9.88 Å². The first kappa shape index (κ1) is 17.6. The van der Waals surface area contributed by atoms with Gasteiger partial charge in [0, 0.05) is 50.0 Å². The monoisotopic (exact) mass is 359 g/mol. The average molecular weight is 359 g/mol. The molecular formula is C23H25N3O. The number of H-pyrrole nitrogens is 1. The second-order valence-electron chi connectivity index (χ2n) is 7.02. The van der Waals surface area contributed by atoms with Gasteiger partial charge in [0.15, 0.2) is 0 Å². The summed E-state index contributed by atoms with van der Waals surface area (Å²) in [5.41, 5.74) is 3.33. The summed E-state index contributed by atoms with van der Waals surface area (Å²) in [5, 5.41) is 1.06. The number of aromatic amines is 1. The molecule has 1 N–H and O–H groups in total. The summed E-state index contributed by atoms with van der Waals surface area (Å²) >= 11 is 0. The molecule has 0 unspecified atom stereocenters. The number of hydrogen-bond donors (Lipinski definition) is 1. The molecule has 3 aromatic rings. The third-order valence-electron chi connectivity index (χ3n) is 5.16. The van der Waals surface area contributed by atoms with Crippen molar-refractivity contribution >= 4 is 22.7 Å². The van der Waals surface area contributed by atoms with Crippen LogP contribution in [-0.2, 0) is 0 Å². The minimum Gasteiger partial charge on any atom is -0.369 e. The molecule has 1 aliphatic rings. The van der Waals surface area contributed by atoms with Crippen LogP contribution in [0.4, 0.5) is 5.69 Å². The highest BCUT2D eigenvalue weighted by atomic mass is 16.1. The van der Waals surface area contributed by atoms with Gasteiger partial charge < -0.3 is 9.88 Å². The fraction of sp³-hybridized carbons (Fsp3) is 0.261. The van der Waals surface area contributed by atoms with Crippen LogP contribution < -0.4 is 10.5 Å². The first-order valence-corrected chi connectivity index (χ1v) is 9.60. The zero-order chi connectivity index (χ0) is 18.5. The Balaban J connectivity index is 1.26. The van der Waals surface area contributed by atoms with E-state index in [1.807, 2.05) is 18.2 Å². The molecule has 0 saturated carbocycles. The number of hydrogen-bond acceptors (Lipinski definition) is 3. The van der Waals surface area contributed by atoms with E-state index in [1.165, 1.54) is 11.3 Å². The molecule has 2 heterocycles. The quantitative estimate of drug-likeness (QED) is 0.754. The number of fused-ring (bicyclic) bond motifs is 1. The van der Waals surface area contributed by atoms with E-state index in [9.17, 15) is 4.79 Å². The fourth-order valence-electron chi connectivity index (χ4n) is 3.62. The van der Waals surface area contributed by atoms with Crippen molar-refractivity contribution in [2.24, 2.45) is 0 Å². The molecule has 2 aromatic carbocycles. The third-order valence-corrected chi connectivity index (χ3v) is 5.16. The molecule has 138 valence electrons. The van der Waals surface area contributed by atoms with Gasteiger partial charge in [0.2, 0.25) is 5.56 Å². The van der Waals surface area contributed by atoms with Gasteiger partial charge in [-0.1, -0.05) is 36.4 Å². The summed E-state index contributed by atoms with van der Waals surface area (Å²) in [6.45, 7) is 5.52. The summed E-state index contributed by atoms with van der Waals surface area (Å²) in [7, 11) is 0. The zero-order valence-electron chi connectivity index (χ0n) is 15.5.